The SMILES string of the molecule is O=C(O)/C(Cc1ccccc1)=C(\C(=O)O)c1ccc2nsnc2c1. The van der Waals surface area contributed by atoms with Crippen LogP contribution in [0.15, 0.2) is 54.1 Å². The van der Waals surface area contributed by atoms with Crippen LogP contribution in [0, 0.1) is 0 Å². The summed E-state index contributed by atoms with van der Waals surface area (Å²) in [6.07, 6.45) is 0.0190. The molecule has 24 heavy (non-hydrogen) atoms. The summed E-state index contributed by atoms with van der Waals surface area (Å²) in [5, 5.41) is 19.1. The lowest BCUT2D eigenvalue weighted by molar-refractivity contribution is -0.134. The maximum absolute atomic E-state index is 11.8. The number of hydrogen-bond donors (Lipinski definition) is 2. The van der Waals surface area contributed by atoms with Crippen LogP contribution in [0.25, 0.3) is 16.6 Å². The molecule has 2 N–H and O–H groups in total. The molecule has 0 fully saturated rings. The van der Waals surface area contributed by atoms with E-state index in [1.807, 2.05) is 6.07 Å². The molecule has 0 saturated carbocycles. The van der Waals surface area contributed by atoms with Crippen LogP contribution in [0.5, 0.6) is 0 Å². The van der Waals surface area contributed by atoms with E-state index >= 15 is 0 Å². The second-order valence-electron chi connectivity index (χ2n) is 5.09. The van der Waals surface area contributed by atoms with Gasteiger partial charge in [0.2, 0.25) is 0 Å². The highest BCUT2D eigenvalue weighted by molar-refractivity contribution is 7.00. The van der Waals surface area contributed by atoms with Gasteiger partial charge in [0.25, 0.3) is 0 Å². The van der Waals surface area contributed by atoms with Crippen molar-refractivity contribution in [3.8, 4) is 0 Å². The summed E-state index contributed by atoms with van der Waals surface area (Å²) in [6, 6.07) is 13.6. The number of aromatic nitrogens is 2. The summed E-state index contributed by atoms with van der Waals surface area (Å²) < 4.78 is 8.14. The van der Waals surface area contributed by atoms with E-state index in [0.29, 0.717) is 16.6 Å². The van der Waals surface area contributed by atoms with Crippen LogP contribution in [0.3, 0.4) is 0 Å². The third-order valence-electron chi connectivity index (χ3n) is 3.54. The molecule has 3 rings (SSSR count). The largest absolute Gasteiger partial charge is 0.478 e. The Kier molecular flexibility index (Phi) is 4.35. The summed E-state index contributed by atoms with van der Waals surface area (Å²) in [5.41, 5.74) is 1.81. The topological polar surface area (TPSA) is 100 Å². The molecule has 0 amide bonds. The van der Waals surface area contributed by atoms with E-state index < -0.39 is 11.9 Å². The van der Waals surface area contributed by atoms with Gasteiger partial charge in [0.1, 0.15) is 11.0 Å². The zero-order valence-corrected chi connectivity index (χ0v) is 13.2. The van der Waals surface area contributed by atoms with Crippen molar-refractivity contribution in [2.24, 2.45) is 0 Å². The summed E-state index contributed by atoms with van der Waals surface area (Å²) in [5.74, 6) is -2.54. The maximum Gasteiger partial charge on any atom is 0.336 e. The van der Waals surface area contributed by atoms with Crippen LogP contribution in [-0.2, 0) is 16.0 Å². The minimum absolute atomic E-state index is 0.0190. The molecule has 3 aromatic rings. The van der Waals surface area contributed by atoms with Gasteiger partial charge in [0.05, 0.1) is 22.9 Å². The molecule has 7 heteroatoms. The van der Waals surface area contributed by atoms with Gasteiger partial charge in [0, 0.05) is 6.42 Å². The minimum Gasteiger partial charge on any atom is -0.478 e. The van der Waals surface area contributed by atoms with Gasteiger partial charge < -0.3 is 10.2 Å². The Morgan fingerprint density at radius 1 is 0.917 bits per heavy atom. The minimum atomic E-state index is -1.29. The van der Waals surface area contributed by atoms with Crippen molar-refractivity contribution in [2.75, 3.05) is 0 Å². The van der Waals surface area contributed by atoms with Gasteiger partial charge in [-0.05, 0) is 23.3 Å². The van der Waals surface area contributed by atoms with E-state index in [1.54, 1.807) is 42.5 Å². The predicted molar refractivity (Wildman–Crippen MR) is 89.8 cm³/mol. The lowest BCUT2D eigenvalue weighted by Gasteiger charge is -2.10. The molecular weight excluding hydrogens is 328 g/mol. The Labute approximate surface area is 141 Å². The Bertz CT molecular complexity index is 947. The smallest absolute Gasteiger partial charge is 0.336 e. The average molecular weight is 340 g/mol. The number of benzene rings is 2. The normalized spacial score (nSPS) is 12.0. The number of aliphatic carboxylic acids is 2. The lowest BCUT2D eigenvalue weighted by Crippen LogP contribution is -2.13. The van der Waals surface area contributed by atoms with Crippen molar-refractivity contribution in [2.45, 2.75) is 6.42 Å². The van der Waals surface area contributed by atoms with Crippen LogP contribution < -0.4 is 0 Å². The molecule has 0 spiro atoms. The molecule has 0 bridgehead atoms. The number of hydrogen-bond acceptors (Lipinski definition) is 5. The van der Waals surface area contributed by atoms with Crippen LogP contribution in [0.4, 0.5) is 0 Å². The standard InChI is InChI=1S/C17H12N2O4S/c20-16(21)12(8-10-4-2-1-3-5-10)15(17(22)23)11-6-7-13-14(9-11)19-24-18-13/h1-7,9H,8H2,(H,20,21)(H,22,23)/b15-12-. The van der Waals surface area contributed by atoms with Gasteiger partial charge in [0.15, 0.2) is 0 Å². The number of carbonyl (C=O) groups is 2. The van der Waals surface area contributed by atoms with E-state index in [-0.39, 0.29) is 17.6 Å². The van der Waals surface area contributed by atoms with E-state index in [2.05, 4.69) is 8.75 Å². The molecule has 120 valence electrons. The number of nitrogens with zero attached hydrogens (tertiary/aromatic N) is 2. The Balaban J connectivity index is 2.15. The summed E-state index contributed by atoms with van der Waals surface area (Å²) in [4.78, 5) is 23.4. The molecule has 1 heterocycles. The Morgan fingerprint density at radius 2 is 1.62 bits per heavy atom. The van der Waals surface area contributed by atoms with Crippen molar-refractivity contribution < 1.29 is 19.8 Å². The molecule has 1 aromatic heterocycles. The van der Waals surface area contributed by atoms with E-state index in [1.165, 1.54) is 0 Å². The van der Waals surface area contributed by atoms with Crippen molar-refractivity contribution in [3.05, 3.63) is 65.2 Å². The first kappa shape index (κ1) is 15.8. The molecule has 0 unspecified atom stereocenters. The zero-order valence-electron chi connectivity index (χ0n) is 12.3. The first-order chi connectivity index (χ1) is 11.6. The fourth-order valence-corrected chi connectivity index (χ4v) is 2.95. The summed E-state index contributed by atoms with van der Waals surface area (Å²) in [7, 11) is 0. The monoisotopic (exact) mass is 340 g/mol. The predicted octanol–water partition coefficient (Wildman–Crippen LogP) is 2.86. The Morgan fingerprint density at radius 3 is 2.29 bits per heavy atom. The molecule has 2 aromatic carbocycles. The van der Waals surface area contributed by atoms with Gasteiger partial charge in [-0.15, -0.1) is 0 Å². The highest BCUT2D eigenvalue weighted by atomic mass is 32.1. The van der Waals surface area contributed by atoms with Gasteiger partial charge in [-0.2, -0.15) is 8.75 Å². The molecule has 0 aliphatic heterocycles. The molecule has 0 atom stereocenters. The van der Waals surface area contributed by atoms with E-state index in [4.69, 9.17) is 0 Å². The second-order valence-corrected chi connectivity index (χ2v) is 5.62. The van der Waals surface area contributed by atoms with E-state index in [0.717, 1.165) is 17.3 Å². The third-order valence-corrected chi connectivity index (χ3v) is 4.10. The molecule has 0 aliphatic carbocycles. The van der Waals surface area contributed by atoms with Crippen LogP contribution in [0.2, 0.25) is 0 Å². The summed E-state index contributed by atoms with van der Waals surface area (Å²) in [6.45, 7) is 0. The van der Waals surface area contributed by atoms with Crippen molar-refractivity contribution in [1.82, 2.24) is 8.75 Å². The highest BCUT2D eigenvalue weighted by Crippen LogP contribution is 2.25. The number of carboxylic acids is 2. The van der Waals surface area contributed by atoms with Crippen molar-refractivity contribution in [1.29, 1.82) is 0 Å². The van der Waals surface area contributed by atoms with Gasteiger partial charge in [-0.3, -0.25) is 0 Å². The number of carboxylic acid groups (broad SMARTS) is 2. The van der Waals surface area contributed by atoms with E-state index in [9.17, 15) is 19.8 Å². The second kappa shape index (κ2) is 6.59. The number of rotatable bonds is 5. The number of fused-ring (bicyclic) bond motifs is 1. The summed E-state index contributed by atoms with van der Waals surface area (Å²) >= 11 is 1.02. The van der Waals surface area contributed by atoms with Gasteiger partial charge in [-0.25, -0.2) is 9.59 Å². The fraction of sp³-hybridized carbons (Fsp3) is 0.0588. The first-order valence-corrected chi connectivity index (χ1v) is 7.75. The molecule has 0 saturated heterocycles. The van der Waals surface area contributed by atoms with Crippen LogP contribution in [0.1, 0.15) is 11.1 Å². The fourth-order valence-electron chi connectivity index (χ4n) is 2.44. The lowest BCUT2D eigenvalue weighted by atomic mass is 9.94. The Hall–Kier alpha value is -3.06. The average Bonchev–Trinajstić information content (AvgIpc) is 3.02. The van der Waals surface area contributed by atoms with Gasteiger partial charge in [-0.1, -0.05) is 36.4 Å². The first-order valence-electron chi connectivity index (χ1n) is 7.02. The molecule has 0 aliphatic rings. The molecule has 6 nitrogen and oxygen atoms in total. The zero-order chi connectivity index (χ0) is 17.1. The molecule has 0 radical (unpaired) electrons. The third kappa shape index (κ3) is 3.16. The van der Waals surface area contributed by atoms with Crippen LogP contribution >= 0.6 is 11.7 Å². The van der Waals surface area contributed by atoms with Crippen molar-refractivity contribution >= 4 is 40.3 Å². The van der Waals surface area contributed by atoms with Crippen LogP contribution in [-0.4, -0.2) is 30.9 Å². The quantitative estimate of drug-likeness (QED) is 0.693. The van der Waals surface area contributed by atoms with Crippen molar-refractivity contribution in [3.63, 3.8) is 0 Å². The van der Waals surface area contributed by atoms with Gasteiger partial charge >= 0.3 is 11.9 Å². The highest BCUT2D eigenvalue weighted by Gasteiger charge is 2.22. The maximum atomic E-state index is 11.8. The molecular formula is C17H12N2O4S.